The van der Waals surface area contributed by atoms with Crippen molar-refractivity contribution in [2.45, 2.75) is 32.4 Å². The van der Waals surface area contributed by atoms with E-state index in [1.54, 1.807) is 10.9 Å². The number of fused-ring (bicyclic) bond motifs is 2. The lowest BCUT2D eigenvalue weighted by Crippen LogP contribution is -2.35. The summed E-state index contributed by atoms with van der Waals surface area (Å²) in [4.78, 5) is 24.0. The van der Waals surface area contributed by atoms with Gasteiger partial charge in [-0.1, -0.05) is 23.7 Å². The largest absolute Gasteiger partial charge is 0.364 e. The molecule has 4 aromatic rings. The molecule has 1 atom stereocenters. The molecule has 0 radical (unpaired) electrons. The molecule has 1 N–H and O–H groups in total. The maximum atomic E-state index is 13.4. The van der Waals surface area contributed by atoms with Gasteiger partial charge in [0.15, 0.2) is 0 Å². The second kappa shape index (κ2) is 9.30. The molecule has 0 bridgehead atoms. The van der Waals surface area contributed by atoms with Crippen molar-refractivity contribution in [3.8, 4) is 16.1 Å². The number of hydrogen-bond acceptors (Lipinski definition) is 6. The van der Waals surface area contributed by atoms with Crippen molar-refractivity contribution in [3.05, 3.63) is 70.2 Å². The highest BCUT2D eigenvalue weighted by Gasteiger charge is 2.26. The fourth-order valence-electron chi connectivity index (χ4n) is 5.19. The van der Waals surface area contributed by atoms with Gasteiger partial charge in [0, 0.05) is 16.4 Å². The molecule has 1 saturated heterocycles. The average molecular weight is 506 g/mol. The van der Waals surface area contributed by atoms with Crippen molar-refractivity contribution in [1.29, 1.82) is 0 Å². The zero-order valence-corrected chi connectivity index (χ0v) is 21.3. The van der Waals surface area contributed by atoms with Crippen molar-refractivity contribution in [3.63, 3.8) is 0 Å². The number of thiophene rings is 1. The summed E-state index contributed by atoms with van der Waals surface area (Å²) < 4.78 is 2.30. The third kappa shape index (κ3) is 4.33. The summed E-state index contributed by atoms with van der Waals surface area (Å²) in [6.45, 7) is 6.86. The molecule has 0 saturated carbocycles. The number of aromatic nitrogens is 2. The first-order valence-electron chi connectivity index (χ1n) is 12.2. The van der Waals surface area contributed by atoms with E-state index in [0.29, 0.717) is 9.72 Å². The number of benzene rings is 2. The normalized spacial score (nSPS) is 17.8. The third-order valence-electron chi connectivity index (χ3n) is 7.04. The molecule has 2 aliphatic heterocycles. The minimum absolute atomic E-state index is 0.0475. The molecule has 6 nitrogen and oxygen atoms in total. The topological polar surface area (TPSA) is 53.4 Å². The van der Waals surface area contributed by atoms with Gasteiger partial charge >= 0.3 is 0 Å². The van der Waals surface area contributed by atoms with E-state index in [2.05, 4.69) is 39.2 Å². The monoisotopic (exact) mass is 505 g/mol. The fourth-order valence-corrected chi connectivity index (χ4v) is 6.36. The van der Waals surface area contributed by atoms with Crippen LogP contribution >= 0.6 is 22.9 Å². The summed E-state index contributed by atoms with van der Waals surface area (Å²) in [5, 5.41) is 4.29. The Hall–Kier alpha value is -2.87. The number of likely N-dealkylation sites (tertiary alicyclic amines) is 1. The zero-order valence-electron chi connectivity index (χ0n) is 19.7. The predicted octanol–water partition coefficient (Wildman–Crippen LogP) is 5.83. The van der Waals surface area contributed by atoms with E-state index in [1.165, 1.54) is 43.0 Å². The third-order valence-corrected chi connectivity index (χ3v) is 8.45. The first-order chi connectivity index (χ1) is 17.1. The highest BCUT2D eigenvalue weighted by Crippen LogP contribution is 2.36. The Morgan fingerprint density at radius 2 is 1.89 bits per heavy atom. The minimum Gasteiger partial charge on any atom is -0.364 e. The Kier molecular flexibility index (Phi) is 6.00. The van der Waals surface area contributed by atoms with E-state index in [4.69, 9.17) is 11.6 Å². The first-order valence-corrected chi connectivity index (χ1v) is 13.4. The van der Waals surface area contributed by atoms with Gasteiger partial charge in [0.25, 0.3) is 5.56 Å². The van der Waals surface area contributed by atoms with E-state index < -0.39 is 0 Å². The Morgan fingerprint density at radius 1 is 1.09 bits per heavy atom. The standard InChI is InChI=1S/C27H28ClN5OS/c1-18-30-22-15-21(9-10-24(22)32(18)14-4-13-31-11-2-3-12-31)33-17-29-23-16-25(35-26(23)27(33)34)19-5-7-20(28)8-6-19/h5-10,15-18,30H,2-4,11-14H2,1H3. The lowest BCUT2D eigenvalue weighted by atomic mass is 10.2. The van der Waals surface area contributed by atoms with E-state index >= 15 is 0 Å². The molecule has 0 aliphatic carbocycles. The smallest absolute Gasteiger partial charge is 0.275 e. The molecule has 2 aromatic heterocycles. The van der Waals surface area contributed by atoms with Gasteiger partial charge in [0.05, 0.1) is 28.7 Å². The van der Waals surface area contributed by atoms with Gasteiger partial charge in [0.2, 0.25) is 0 Å². The number of halogens is 1. The van der Waals surface area contributed by atoms with Crippen LogP contribution in [0, 0.1) is 0 Å². The summed E-state index contributed by atoms with van der Waals surface area (Å²) in [6.07, 6.45) is 5.69. The van der Waals surface area contributed by atoms with E-state index in [0.717, 1.165) is 46.8 Å². The number of rotatable bonds is 6. The van der Waals surface area contributed by atoms with Crippen LogP contribution in [0.3, 0.4) is 0 Å². The number of anilines is 2. The van der Waals surface area contributed by atoms with Crippen LogP contribution in [0.5, 0.6) is 0 Å². The lowest BCUT2D eigenvalue weighted by Gasteiger charge is -2.25. The Balaban J connectivity index is 1.26. The molecule has 1 unspecified atom stereocenters. The van der Waals surface area contributed by atoms with Crippen molar-refractivity contribution < 1.29 is 0 Å². The lowest BCUT2D eigenvalue weighted by molar-refractivity contribution is 0.334. The van der Waals surface area contributed by atoms with Crippen molar-refractivity contribution in [1.82, 2.24) is 14.5 Å². The quantitative estimate of drug-likeness (QED) is 0.357. The van der Waals surface area contributed by atoms with Gasteiger partial charge in [-0.25, -0.2) is 4.98 Å². The van der Waals surface area contributed by atoms with Crippen LogP contribution in [0.2, 0.25) is 5.02 Å². The van der Waals surface area contributed by atoms with Crippen LogP contribution in [0.15, 0.2) is 59.7 Å². The Bertz CT molecular complexity index is 1420. The second-order valence-corrected chi connectivity index (χ2v) is 10.9. The van der Waals surface area contributed by atoms with Gasteiger partial charge < -0.3 is 15.1 Å². The minimum atomic E-state index is -0.0475. The van der Waals surface area contributed by atoms with Crippen LogP contribution in [-0.2, 0) is 0 Å². The van der Waals surface area contributed by atoms with Crippen molar-refractivity contribution in [2.75, 3.05) is 36.4 Å². The SMILES string of the molecule is CC1Nc2cc(-n3cnc4cc(-c5ccc(Cl)cc5)sc4c3=O)ccc2N1CCCN1CCCC1. The molecule has 6 rings (SSSR count). The van der Waals surface area contributed by atoms with Crippen molar-refractivity contribution >= 4 is 44.5 Å². The van der Waals surface area contributed by atoms with Crippen LogP contribution < -0.4 is 15.8 Å². The van der Waals surface area contributed by atoms with Crippen LogP contribution in [0.25, 0.3) is 26.3 Å². The average Bonchev–Trinajstić information content (AvgIpc) is 3.59. The molecule has 2 aliphatic rings. The molecule has 1 fully saturated rings. The molecule has 180 valence electrons. The number of hydrogen-bond donors (Lipinski definition) is 1. The fraction of sp³-hybridized carbons (Fsp3) is 0.333. The van der Waals surface area contributed by atoms with Gasteiger partial charge in [-0.15, -0.1) is 11.3 Å². The molecule has 8 heteroatoms. The Labute approximate surface area is 213 Å². The molecule has 0 amide bonds. The van der Waals surface area contributed by atoms with Crippen LogP contribution in [-0.4, -0.2) is 46.8 Å². The van der Waals surface area contributed by atoms with Crippen molar-refractivity contribution in [2.24, 2.45) is 0 Å². The van der Waals surface area contributed by atoms with E-state index in [1.807, 2.05) is 36.4 Å². The van der Waals surface area contributed by atoms with Gasteiger partial charge in [-0.2, -0.15) is 0 Å². The number of nitrogens with one attached hydrogen (secondary N) is 1. The maximum Gasteiger partial charge on any atom is 0.275 e. The molecule has 2 aromatic carbocycles. The molecular formula is C27H28ClN5OS. The van der Waals surface area contributed by atoms with Gasteiger partial charge in [-0.05, 0) is 87.8 Å². The highest BCUT2D eigenvalue weighted by molar-refractivity contribution is 7.22. The molecule has 0 spiro atoms. The number of nitrogens with zero attached hydrogens (tertiary/aromatic N) is 4. The van der Waals surface area contributed by atoms with Crippen LogP contribution in [0.4, 0.5) is 11.4 Å². The molecular weight excluding hydrogens is 478 g/mol. The highest BCUT2D eigenvalue weighted by atomic mass is 35.5. The maximum absolute atomic E-state index is 13.4. The van der Waals surface area contributed by atoms with Gasteiger partial charge in [-0.3, -0.25) is 9.36 Å². The van der Waals surface area contributed by atoms with E-state index in [9.17, 15) is 4.79 Å². The van der Waals surface area contributed by atoms with E-state index in [-0.39, 0.29) is 11.7 Å². The summed E-state index contributed by atoms with van der Waals surface area (Å²) >= 11 is 7.50. The predicted molar refractivity (Wildman–Crippen MR) is 146 cm³/mol. The zero-order chi connectivity index (χ0) is 23.9. The second-order valence-electron chi connectivity index (χ2n) is 9.37. The summed E-state index contributed by atoms with van der Waals surface area (Å²) in [7, 11) is 0. The van der Waals surface area contributed by atoms with Gasteiger partial charge in [0.1, 0.15) is 11.0 Å². The molecule has 35 heavy (non-hydrogen) atoms. The Morgan fingerprint density at radius 3 is 2.69 bits per heavy atom. The summed E-state index contributed by atoms with van der Waals surface area (Å²) in [5.74, 6) is 0. The first kappa shape index (κ1) is 22.6. The summed E-state index contributed by atoms with van der Waals surface area (Å²) in [5.41, 5.74) is 4.79. The molecule has 4 heterocycles. The van der Waals surface area contributed by atoms with Crippen LogP contribution in [0.1, 0.15) is 26.2 Å². The summed E-state index contributed by atoms with van der Waals surface area (Å²) in [6, 6.07) is 15.8.